The largest absolute Gasteiger partial charge is 0.507 e. The van der Waals surface area contributed by atoms with Crippen LogP contribution in [-0.2, 0) is 0 Å². The molecule has 6 nitrogen and oxygen atoms in total. The van der Waals surface area contributed by atoms with Crippen molar-refractivity contribution >= 4 is 23.2 Å². The molecule has 1 fully saturated rings. The maximum Gasteiger partial charge on any atom is 0.215 e. The third-order valence-electron chi connectivity index (χ3n) is 3.78. The number of benzene rings is 1. The van der Waals surface area contributed by atoms with Crippen LogP contribution >= 0.6 is 11.6 Å². The van der Waals surface area contributed by atoms with E-state index in [4.69, 9.17) is 17.3 Å². The number of carbonyl (C=O) groups excluding carboxylic acids is 2. The summed E-state index contributed by atoms with van der Waals surface area (Å²) in [5, 5.41) is 19.4. The van der Waals surface area contributed by atoms with Crippen molar-refractivity contribution in [2.75, 3.05) is 13.1 Å². The Morgan fingerprint density at radius 2 is 1.71 bits per heavy atom. The Bertz CT molecular complexity index is 698. The van der Waals surface area contributed by atoms with E-state index < -0.39 is 11.6 Å². The monoisotopic (exact) mass is 308 g/mol. The van der Waals surface area contributed by atoms with Crippen molar-refractivity contribution in [2.45, 2.75) is 12.5 Å². The fourth-order valence-corrected chi connectivity index (χ4v) is 3.05. The highest BCUT2D eigenvalue weighted by Gasteiger charge is 2.39. The van der Waals surface area contributed by atoms with Crippen LogP contribution in [-0.4, -0.2) is 45.8 Å². The minimum atomic E-state index is -0.671. The molecule has 1 aromatic carbocycles. The van der Waals surface area contributed by atoms with E-state index in [1.54, 1.807) is 4.90 Å². The highest BCUT2D eigenvalue weighted by molar-refractivity contribution is 6.50. The molecule has 1 atom stereocenters. The summed E-state index contributed by atoms with van der Waals surface area (Å²) in [5.41, 5.74) is 5.40. The van der Waals surface area contributed by atoms with E-state index in [0.29, 0.717) is 19.5 Å². The first-order valence-corrected chi connectivity index (χ1v) is 6.84. The Morgan fingerprint density at radius 1 is 1.14 bits per heavy atom. The molecular weight excluding hydrogens is 296 g/mol. The SMILES string of the molecule is NC1CCN(C2=C(Cl)C(=O)c3c(O)ccc(O)c3C2=O)C1. The van der Waals surface area contributed by atoms with Gasteiger partial charge in [-0.25, -0.2) is 0 Å². The third kappa shape index (κ3) is 1.99. The van der Waals surface area contributed by atoms with Gasteiger partial charge in [0.1, 0.15) is 22.2 Å². The zero-order chi connectivity index (χ0) is 15.3. The van der Waals surface area contributed by atoms with Gasteiger partial charge in [-0.2, -0.15) is 0 Å². The lowest BCUT2D eigenvalue weighted by molar-refractivity contribution is 0.0948. The van der Waals surface area contributed by atoms with Crippen molar-refractivity contribution in [1.29, 1.82) is 0 Å². The topological polar surface area (TPSA) is 104 Å². The van der Waals surface area contributed by atoms with Crippen molar-refractivity contribution in [1.82, 2.24) is 4.90 Å². The highest BCUT2D eigenvalue weighted by Crippen LogP contribution is 2.39. The molecule has 0 spiro atoms. The maximum absolute atomic E-state index is 12.6. The molecule has 0 aromatic heterocycles. The van der Waals surface area contributed by atoms with E-state index >= 15 is 0 Å². The van der Waals surface area contributed by atoms with Crippen LogP contribution in [0.3, 0.4) is 0 Å². The normalized spacial score (nSPS) is 22.0. The standard InChI is InChI=1S/C14H13ClN2O4/c15-11-12(17-4-3-6(16)5-17)14(21)10-8(19)2-1-7(18)9(10)13(11)20/h1-2,6,18-19H,3-5,16H2. The highest BCUT2D eigenvalue weighted by atomic mass is 35.5. The fraction of sp³-hybridized carbons (Fsp3) is 0.286. The Kier molecular flexibility index (Phi) is 3.15. The quantitative estimate of drug-likeness (QED) is 0.668. The summed E-state index contributed by atoms with van der Waals surface area (Å²) in [6, 6.07) is 2.23. The molecule has 0 bridgehead atoms. The molecule has 1 heterocycles. The number of phenols is 2. The zero-order valence-electron chi connectivity index (χ0n) is 11.0. The molecule has 4 N–H and O–H groups in total. The van der Waals surface area contributed by atoms with Crippen LogP contribution in [0.4, 0.5) is 0 Å². The number of phenolic OH excluding ortho intramolecular Hbond substituents is 2. The molecule has 0 saturated carbocycles. The number of hydrogen-bond donors (Lipinski definition) is 3. The summed E-state index contributed by atoms with van der Waals surface area (Å²) in [7, 11) is 0. The average Bonchev–Trinajstić information content (AvgIpc) is 2.85. The Morgan fingerprint density at radius 3 is 2.24 bits per heavy atom. The third-order valence-corrected chi connectivity index (χ3v) is 4.13. The van der Waals surface area contributed by atoms with Gasteiger partial charge in [-0.15, -0.1) is 0 Å². The van der Waals surface area contributed by atoms with Gasteiger partial charge in [0, 0.05) is 19.1 Å². The van der Waals surface area contributed by atoms with E-state index in [9.17, 15) is 19.8 Å². The molecule has 110 valence electrons. The van der Waals surface area contributed by atoms with E-state index in [1.807, 2.05) is 0 Å². The second kappa shape index (κ2) is 4.75. The van der Waals surface area contributed by atoms with Crippen LogP contribution in [0.2, 0.25) is 0 Å². The Balaban J connectivity index is 2.17. The van der Waals surface area contributed by atoms with Gasteiger partial charge in [0.2, 0.25) is 11.6 Å². The fourth-order valence-electron chi connectivity index (χ4n) is 2.75. The van der Waals surface area contributed by atoms with Gasteiger partial charge in [0.05, 0.1) is 11.1 Å². The van der Waals surface area contributed by atoms with Crippen LogP contribution in [0, 0.1) is 0 Å². The number of rotatable bonds is 1. The zero-order valence-corrected chi connectivity index (χ0v) is 11.7. The average molecular weight is 309 g/mol. The number of fused-ring (bicyclic) bond motifs is 1. The van der Waals surface area contributed by atoms with Crippen LogP contribution in [0.5, 0.6) is 11.5 Å². The molecule has 1 saturated heterocycles. The second-order valence-corrected chi connectivity index (χ2v) is 5.55. The molecule has 1 aromatic rings. The predicted molar refractivity (Wildman–Crippen MR) is 75.5 cm³/mol. The molecule has 1 aliphatic heterocycles. The summed E-state index contributed by atoms with van der Waals surface area (Å²) in [4.78, 5) is 26.6. The summed E-state index contributed by atoms with van der Waals surface area (Å²) in [6.07, 6.45) is 0.689. The van der Waals surface area contributed by atoms with Crippen molar-refractivity contribution in [2.24, 2.45) is 5.73 Å². The number of aromatic hydroxyl groups is 2. The molecular formula is C14H13ClN2O4. The number of likely N-dealkylation sites (tertiary alicyclic amines) is 1. The van der Waals surface area contributed by atoms with Crippen LogP contribution in [0.1, 0.15) is 27.1 Å². The van der Waals surface area contributed by atoms with Gasteiger partial charge in [-0.1, -0.05) is 11.6 Å². The molecule has 1 unspecified atom stereocenters. The number of hydrogen-bond acceptors (Lipinski definition) is 6. The van der Waals surface area contributed by atoms with E-state index in [0.717, 1.165) is 6.07 Å². The lowest BCUT2D eigenvalue weighted by Gasteiger charge is -2.26. The number of halogens is 1. The smallest absolute Gasteiger partial charge is 0.215 e. The van der Waals surface area contributed by atoms with Gasteiger partial charge in [0.25, 0.3) is 0 Å². The number of nitrogens with zero attached hydrogens (tertiary/aromatic N) is 1. The van der Waals surface area contributed by atoms with Crippen molar-refractivity contribution in [3.05, 3.63) is 34.0 Å². The van der Waals surface area contributed by atoms with Crippen LogP contribution < -0.4 is 5.73 Å². The number of Topliss-reactive ketones (excluding diaryl/α,β-unsaturated/α-hetero) is 2. The van der Waals surface area contributed by atoms with Crippen LogP contribution in [0.15, 0.2) is 22.9 Å². The Labute approximate surface area is 125 Å². The lowest BCUT2D eigenvalue weighted by atomic mass is 9.90. The van der Waals surface area contributed by atoms with Crippen molar-refractivity contribution in [3.8, 4) is 11.5 Å². The van der Waals surface area contributed by atoms with Crippen molar-refractivity contribution in [3.63, 3.8) is 0 Å². The lowest BCUT2D eigenvalue weighted by Crippen LogP contribution is -2.33. The van der Waals surface area contributed by atoms with Crippen molar-refractivity contribution < 1.29 is 19.8 Å². The first-order chi connectivity index (χ1) is 9.91. The molecule has 2 aliphatic rings. The first-order valence-electron chi connectivity index (χ1n) is 6.46. The summed E-state index contributed by atoms with van der Waals surface area (Å²) in [6.45, 7) is 0.931. The van der Waals surface area contributed by atoms with E-state index in [2.05, 4.69) is 0 Å². The molecule has 0 radical (unpaired) electrons. The van der Waals surface area contributed by atoms with Gasteiger partial charge >= 0.3 is 0 Å². The second-order valence-electron chi connectivity index (χ2n) is 5.17. The maximum atomic E-state index is 12.6. The molecule has 3 rings (SSSR count). The predicted octanol–water partition coefficient (Wildman–Crippen LogP) is 0.960. The Hall–Kier alpha value is -2.05. The summed E-state index contributed by atoms with van der Waals surface area (Å²) < 4.78 is 0. The van der Waals surface area contributed by atoms with Gasteiger partial charge in [0.15, 0.2) is 0 Å². The van der Waals surface area contributed by atoms with Gasteiger partial charge < -0.3 is 20.8 Å². The van der Waals surface area contributed by atoms with E-state index in [1.165, 1.54) is 6.07 Å². The number of nitrogens with two attached hydrogens (primary N) is 1. The van der Waals surface area contributed by atoms with Crippen LogP contribution in [0.25, 0.3) is 0 Å². The summed E-state index contributed by atoms with van der Waals surface area (Å²) in [5.74, 6) is -1.98. The minimum Gasteiger partial charge on any atom is -0.507 e. The number of allylic oxidation sites excluding steroid dienone is 2. The summed E-state index contributed by atoms with van der Waals surface area (Å²) >= 11 is 6.04. The molecule has 7 heteroatoms. The number of carbonyl (C=O) groups is 2. The molecule has 1 aliphatic carbocycles. The van der Waals surface area contributed by atoms with Gasteiger partial charge in [-0.05, 0) is 18.6 Å². The molecule has 0 amide bonds. The minimum absolute atomic E-state index is 0.0445. The molecule has 21 heavy (non-hydrogen) atoms. The first kappa shape index (κ1) is 13.9. The van der Waals surface area contributed by atoms with E-state index in [-0.39, 0.29) is 39.4 Å². The number of ketones is 2. The van der Waals surface area contributed by atoms with Gasteiger partial charge in [-0.3, -0.25) is 9.59 Å².